The van der Waals surface area contributed by atoms with Crippen LogP contribution in [0.2, 0.25) is 10.0 Å². The zero-order valence-electron chi connectivity index (χ0n) is 14.9. The van der Waals surface area contributed by atoms with Crippen LogP contribution < -0.4 is 0 Å². The van der Waals surface area contributed by atoms with Crippen LogP contribution in [0.15, 0.2) is 6.07 Å². The second-order valence-corrected chi connectivity index (χ2v) is 9.34. The van der Waals surface area contributed by atoms with Crippen LogP contribution >= 0.6 is 23.2 Å². The summed E-state index contributed by atoms with van der Waals surface area (Å²) < 4.78 is 5.66. The molecule has 1 aromatic rings. The van der Waals surface area contributed by atoms with Crippen molar-refractivity contribution in [1.29, 1.82) is 0 Å². The number of esters is 1. The molecule has 2 bridgehead atoms. The molecule has 0 radical (unpaired) electrons. The third-order valence-electron chi connectivity index (χ3n) is 7.00. The summed E-state index contributed by atoms with van der Waals surface area (Å²) in [6.07, 6.45) is 3.40. The van der Waals surface area contributed by atoms with E-state index in [4.69, 9.17) is 27.9 Å². The number of hydrogen-bond donors (Lipinski definition) is 1. The van der Waals surface area contributed by atoms with Crippen molar-refractivity contribution in [3.63, 3.8) is 0 Å². The lowest BCUT2D eigenvalue weighted by Gasteiger charge is -2.51. The van der Waals surface area contributed by atoms with Crippen molar-refractivity contribution in [1.82, 2.24) is 0 Å². The standard InChI is InChI=1S/C20H24Cl2O3/c1-10(9-23)16-14(21)6-13-12(17(16)22)4-5-15-19(13,2)7-11-8-20(15,3)18(24)25-11/h6,10-11,15,23H,4-5,7-9H2,1-3H3. The Balaban J connectivity index is 1.89. The molecule has 2 fully saturated rings. The molecule has 25 heavy (non-hydrogen) atoms. The highest BCUT2D eigenvalue weighted by atomic mass is 35.5. The topological polar surface area (TPSA) is 46.5 Å². The molecular weight excluding hydrogens is 359 g/mol. The first-order valence-corrected chi connectivity index (χ1v) is 9.81. The first-order valence-electron chi connectivity index (χ1n) is 9.05. The van der Waals surface area contributed by atoms with Gasteiger partial charge in [0.1, 0.15) is 6.10 Å². The fraction of sp³-hybridized carbons (Fsp3) is 0.650. The quantitative estimate of drug-likeness (QED) is 0.758. The molecule has 3 nitrogen and oxygen atoms in total. The largest absolute Gasteiger partial charge is 0.462 e. The number of benzene rings is 1. The molecule has 0 spiro atoms. The number of carbonyl (C=O) groups is 1. The Hall–Kier alpha value is -0.770. The Morgan fingerprint density at radius 2 is 2.00 bits per heavy atom. The second kappa shape index (κ2) is 5.61. The fourth-order valence-corrected chi connectivity index (χ4v) is 6.72. The van der Waals surface area contributed by atoms with Gasteiger partial charge in [0.2, 0.25) is 0 Å². The van der Waals surface area contributed by atoms with E-state index < -0.39 is 5.41 Å². The first kappa shape index (κ1) is 17.6. The van der Waals surface area contributed by atoms with Gasteiger partial charge in [-0.2, -0.15) is 0 Å². The molecule has 1 saturated carbocycles. The van der Waals surface area contributed by atoms with Gasteiger partial charge in [-0.1, -0.05) is 37.0 Å². The summed E-state index contributed by atoms with van der Waals surface area (Å²) in [4.78, 5) is 12.5. The molecule has 5 heteroatoms. The van der Waals surface area contributed by atoms with Crippen molar-refractivity contribution in [3.05, 3.63) is 32.8 Å². The van der Waals surface area contributed by atoms with Gasteiger partial charge in [-0.3, -0.25) is 4.79 Å². The molecule has 1 N–H and O–H groups in total. The van der Waals surface area contributed by atoms with Gasteiger partial charge in [-0.15, -0.1) is 0 Å². The van der Waals surface area contributed by atoms with Crippen LogP contribution in [0.3, 0.4) is 0 Å². The minimum atomic E-state index is -0.411. The number of fused-ring (bicyclic) bond motifs is 6. The highest BCUT2D eigenvalue weighted by molar-refractivity contribution is 6.36. The summed E-state index contributed by atoms with van der Waals surface area (Å²) in [6.45, 7) is 6.25. The van der Waals surface area contributed by atoms with Crippen molar-refractivity contribution in [2.45, 2.75) is 63.9 Å². The van der Waals surface area contributed by atoms with E-state index in [9.17, 15) is 9.90 Å². The Kier molecular flexibility index (Phi) is 3.96. The number of aliphatic hydroxyl groups is 1. The van der Waals surface area contributed by atoms with Crippen LogP contribution in [-0.2, 0) is 21.4 Å². The van der Waals surface area contributed by atoms with Crippen LogP contribution in [0.4, 0.5) is 0 Å². The Labute approximate surface area is 158 Å². The zero-order chi connectivity index (χ0) is 18.1. The Morgan fingerprint density at radius 3 is 2.68 bits per heavy atom. The number of halogens is 2. The molecule has 136 valence electrons. The van der Waals surface area contributed by atoms with Crippen molar-refractivity contribution in [2.75, 3.05) is 6.61 Å². The predicted molar refractivity (Wildman–Crippen MR) is 98.3 cm³/mol. The molecule has 1 aromatic carbocycles. The van der Waals surface area contributed by atoms with Crippen molar-refractivity contribution >= 4 is 29.2 Å². The molecule has 0 aromatic heterocycles. The maximum Gasteiger partial charge on any atom is 0.312 e. The van der Waals surface area contributed by atoms with Crippen LogP contribution in [-0.4, -0.2) is 23.8 Å². The monoisotopic (exact) mass is 382 g/mol. The van der Waals surface area contributed by atoms with Gasteiger partial charge >= 0.3 is 5.97 Å². The van der Waals surface area contributed by atoms with Crippen molar-refractivity contribution in [2.24, 2.45) is 11.3 Å². The summed E-state index contributed by atoms with van der Waals surface area (Å²) in [7, 11) is 0. The lowest BCUT2D eigenvalue weighted by atomic mass is 9.50. The zero-order valence-corrected chi connectivity index (χ0v) is 16.4. The molecule has 1 heterocycles. The summed E-state index contributed by atoms with van der Waals surface area (Å²) in [5, 5.41) is 10.9. The van der Waals surface area contributed by atoms with Gasteiger partial charge in [0.25, 0.3) is 0 Å². The third kappa shape index (κ3) is 2.25. The van der Waals surface area contributed by atoms with Gasteiger partial charge in [0.05, 0.1) is 5.41 Å². The van der Waals surface area contributed by atoms with Gasteiger partial charge in [0.15, 0.2) is 0 Å². The highest BCUT2D eigenvalue weighted by Gasteiger charge is 2.63. The lowest BCUT2D eigenvalue weighted by molar-refractivity contribution is -0.149. The molecule has 1 aliphatic heterocycles. The number of carbonyl (C=O) groups excluding carboxylic acids is 1. The van der Waals surface area contributed by atoms with E-state index in [0.717, 1.165) is 36.8 Å². The van der Waals surface area contributed by atoms with E-state index in [1.165, 1.54) is 5.56 Å². The average molecular weight is 383 g/mol. The third-order valence-corrected chi connectivity index (χ3v) is 7.75. The SMILES string of the molecule is CC(CO)c1c(Cl)cc2c(c1Cl)CCC1C3(C)CC(CC21C)OC3=O. The minimum absolute atomic E-state index is 0.0145. The summed E-state index contributed by atoms with van der Waals surface area (Å²) in [5.41, 5.74) is 2.57. The lowest BCUT2D eigenvalue weighted by Crippen LogP contribution is -2.51. The van der Waals surface area contributed by atoms with Crippen LogP contribution in [0.1, 0.15) is 62.6 Å². The molecule has 4 rings (SSSR count). The highest BCUT2D eigenvalue weighted by Crippen LogP contribution is 2.62. The van der Waals surface area contributed by atoms with Crippen molar-refractivity contribution < 1.29 is 14.6 Å². The molecule has 3 aliphatic rings. The van der Waals surface area contributed by atoms with Gasteiger partial charge in [0, 0.05) is 34.4 Å². The van der Waals surface area contributed by atoms with E-state index in [2.05, 4.69) is 13.8 Å². The van der Waals surface area contributed by atoms with E-state index in [1.54, 1.807) is 0 Å². The second-order valence-electron chi connectivity index (χ2n) is 8.56. The summed E-state index contributed by atoms with van der Waals surface area (Å²) in [5.74, 6) is 0.102. The van der Waals surface area contributed by atoms with E-state index in [-0.39, 0.29) is 35.9 Å². The molecular formula is C20H24Cl2O3. The normalized spacial score (nSPS) is 37.3. The van der Waals surface area contributed by atoms with Crippen LogP contribution in [0.5, 0.6) is 0 Å². The predicted octanol–water partition coefficient (Wildman–Crippen LogP) is 4.63. The van der Waals surface area contributed by atoms with Crippen molar-refractivity contribution in [3.8, 4) is 0 Å². The van der Waals surface area contributed by atoms with Gasteiger partial charge in [-0.05, 0) is 54.9 Å². The molecule has 2 aliphatic carbocycles. The van der Waals surface area contributed by atoms with E-state index >= 15 is 0 Å². The Morgan fingerprint density at radius 1 is 1.32 bits per heavy atom. The average Bonchev–Trinajstić information content (AvgIpc) is 2.78. The summed E-state index contributed by atoms with van der Waals surface area (Å²) >= 11 is 13.3. The van der Waals surface area contributed by atoms with Gasteiger partial charge in [-0.25, -0.2) is 0 Å². The first-order chi connectivity index (χ1) is 11.7. The molecule has 5 atom stereocenters. The number of hydrogen-bond acceptors (Lipinski definition) is 3. The van der Waals surface area contributed by atoms with Crippen LogP contribution in [0.25, 0.3) is 0 Å². The van der Waals surface area contributed by atoms with Gasteiger partial charge < -0.3 is 9.84 Å². The molecule has 1 saturated heterocycles. The maximum atomic E-state index is 12.5. The number of aliphatic hydroxyl groups excluding tert-OH is 1. The molecule has 5 unspecified atom stereocenters. The van der Waals surface area contributed by atoms with E-state index in [0.29, 0.717) is 10.0 Å². The minimum Gasteiger partial charge on any atom is -0.462 e. The molecule has 0 amide bonds. The van der Waals surface area contributed by atoms with Crippen LogP contribution in [0, 0.1) is 11.3 Å². The number of rotatable bonds is 2. The van der Waals surface area contributed by atoms with E-state index in [1.807, 2.05) is 13.0 Å². The number of ether oxygens (including phenoxy) is 1. The summed E-state index contributed by atoms with van der Waals surface area (Å²) in [6, 6.07) is 2.04. The smallest absolute Gasteiger partial charge is 0.312 e. The Bertz CT molecular complexity index is 762. The maximum absolute atomic E-state index is 12.5. The fourth-order valence-electron chi connectivity index (χ4n) is 5.80.